The summed E-state index contributed by atoms with van der Waals surface area (Å²) < 4.78 is 28.6. The van der Waals surface area contributed by atoms with Gasteiger partial charge < -0.3 is 4.90 Å². The first-order chi connectivity index (χ1) is 11.8. The van der Waals surface area contributed by atoms with Crippen molar-refractivity contribution in [1.29, 1.82) is 0 Å². The molecule has 4 atom stereocenters. The van der Waals surface area contributed by atoms with E-state index in [0.29, 0.717) is 17.3 Å². The van der Waals surface area contributed by atoms with Crippen molar-refractivity contribution in [3.05, 3.63) is 17.0 Å². The minimum Gasteiger partial charge on any atom is -0.338 e. The lowest BCUT2D eigenvalue weighted by molar-refractivity contribution is -0.137. The number of nitrogens with zero attached hydrogens (tertiary/aromatic N) is 1. The third-order valence-electron chi connectivity index (χ3n) is 6.19. The summed E-state index contributed by atoms with van der Waals surface area (Å²) in [6.07, 6.45) is 0. The number of amides is 1. The SMILES string of the molecule is Cc1ccc(S(=O)(=O)N[C@H](C(=O)N2C[C@H]3[C@@H]([C@H]2C)C3(C)C)C(C)(C)C)s1. The van der Waals surface area contributed by atoms with E-state index in [1.54, 1.807) is 12.1 Å². The van der Waals surface area contributed by atoms with Gasteiger partial charge in [0.2, 0.25) is 5.91 Å². The molecule has 5 nitrogen and oxygen atoms in total. The normalized spacial score (nSPS) is 28.7. The van der Waals surface area contributed by atoms with E-state index in [-0.39, 0.29) is 16.2 Å². The number of aryl methyl sites for hydroxylation is 1. The molecule has 146 valence electrons. The Hall–Kier alpha value is -0.920. The molecule has 26 heavy (non-hydrogen) atoms. The van der Waals surface area contributed by atoms with Crippen molar-refractivity contribution in [3.8, 4) is 0 Å². The van der Waals surface area contributed by atoms with Gasteiger partial charge in [0.05, 0.1) is 0 Å². The highest BCUT2D eigenvalue weighted by Crippen LogP contribution is 2.64. The van der Waals surface area contributed by atoms with Gasteiger partial charge in [-0.2, -0.15) is 4.72 Å². The molecule has 1 amide bonds. The number of carbonyl (C=O) groups is 1. The van der Waals surface area contributed by atoms with Crippen molar-refractivity contribution in [2.75, 3.05) is 6.54 Å². The van der Waals surface area contributed by atoms with Crippen LogP contribution in [0, 0.1) is 29.6 Å². The molecule has 1 saturated heterocycles. The maximum Gasteiger partial charge on any atom is 0.250 e. The van der Waals surface area contributed by atoms with Crippen molar-refractivity contribution in [2.45, 2.75) is 64.8 Å². The second-order valence-corrected chi connectivity index (χ2v) is 12.7. The van der Waals surface area contributed by atoms with Gasteiger partial charge in [0.15, 0.2) is 0 Å². The number of rotatable bonds is 4. The van der Waals surface area contributed by atoms with Gasteiger partial charge in [0, 0.05) is 17.5 Å². The highest BCUT2D eigenvalue weighted by Gasteiger charge is 2.66. The van der Waals surface area contributed by atoms with Crippen LogP contribution in [0.25, 0.3) is 0 Å². The predicted molar refractivity (Wildman–Crippen MR) is 105 cm³/mol. The molecule has 1 saturated carbocycles. The highest BCUT2D eigenvalue weighted by atomic mass is 32.2. The highest BCUT2D eigenvalue weighted by molar-refractivity contribution is 7.91. The molecule has 1 N–H and O–H groups in total. The lowest BCUT2D eigenvalue weighted by atomic mass is 9.86. The van der Waals surface area contributed by atoms with Gasteiger partial charge in [-0.25, -0.2) is 8.42 Å². The molecule has 1 aromatic heterocycles. The van der Waals surface area contributed by atoms with E-state index in [4.69, 9.17) is 0 Å². The minimum atomic E-state index is -3.72. The molecular formula is C19H30N2O3S2. The van der Waals surface area contributed by atoms with Crippen molar-refractivity contribution in [1.82, 2.24) is 9.62 Å². The van der Waals surface area contributed by atoms with Crippen molar-refractivity contribution in [3.63, 3.8) is 0 Å². The number of nitrogens with one attached hydrogen (secondary N) is 1. The van der Waals surface area contributed by atoms with Gasteiger partial charge in [-0.3, -0.25) is 4.79 Å². The van der Waals surface area contributed by atoms with E-state index in [2.05, 4.69) is 25.5 Å². The molecule has 1 aliphatic carbocycles. The largest absolute Gasteiger partial charge is 0.338 e. The lowest BCUT2D eigenvalue weighted by Crippen LogP contribution is -2.56. The molecule has 0 spiro atoms. The van der Waals surface area contributed by atoms with Crippen LogP contribution in [-0.4, -0.2) is 37.9 Å². The zero-order chi connectivity index (χ0) is 19.7. The Labute approximate surface area is 161 Å². The van der Waals surface area contributed by atoms with E-state index in [1.807, 2.05) is 32.6 Å². The van der Waals surface area contributed by atoms with Gasteiger partial charge in [-0.1, -0.05) is 34.6 Å². The Morgan fingerprint density at radius 2 is 1.96 bits per heavy atom. The molecule has 2 fully saturated rings. The van der Waals surface area contributed by atoms with Gasteiger partial charge >= 0.3 is 0 Å². The Kier molecular flexibility index (Phi) is 4.61. The molecule has 1 aromatic rings. The lowest BCUT2D eigenvalue weighted by Gasteiger charge is -2.36. The fraction of sp³-hybridized carbons (Fsp3) is 0.737. The van der Waals surface area contributed by atoms with Crippen molar-refractivity contribution < 1.29 is 13.2 Å². The molecule has 0 unspecified atom stereocenters. The predicted octanol–water partition coefficient (Wildman–Crippen LogP) is 3.25. The molecule has 1 aliphatic heterocycles. The quantitative estimate of drug-likeness (QED) is 0.847. The maximum atomic E-state index is 13.3. The number of sulfonamides is 1. The zero-order valence-corrected chi connectivity index (χ0v) is 18.3. The Morgan fingerprint density at radius 1 is 1.35 bits per heavy atom. The minimum absolute atomic E-state index is 0.107. The van der Waals surface area contributed by atoms with Crippen LogP contribution in [0.2, 0.25) is 0 Å². The Morgan fingerprint density at radius 3 is 2.38 bits per heavy atom. The van der Waals surface area contributed by atoms with Crippen LogP contribution in [-0.2, 0) is 14.8 Å². The summed E-state index contributed by atoms with van der Waals surface area (Å²) in [5.74, 6) is 0.937. The molecule has 3 rings (SSSR count). The fourth-order valence-electron chi connectivity index (χ4n) is 4.49. The van der Waals surface area contributed by atoms with Gasteiger partial charge in [0.25, 0.3) is 10.0 Å². The van der Waals surface area contributed by atoms with Crippen LogP contribution in [0.1, 0.15) is 46.4 Å². The first-order valence-electron chi connectivity index (χ1n) is 9.16. The number of likely N-dealkylation sites (tertiary alicyclic amines) is 1. The summed E-state index contributed by atoms with van der Waals surface area (Å²) in [5, 5.41) is 0. The van der Waals surface area contributed by atoms with Crippen LogP contribution in [0.3, 0.4) is 0 Å². The smallest absolute Gasteiger partial charge is 0.250 e. The Balaban J connectivity index is 1.83. The van der Waals surface area contributed by atoms with E-state index in [9.17, 15) is 13.2 Å². The molecule has 7 heteroatoms. The van der Waals surface area contributed by atoms with Crippen LogP contribution < -0.4 is 4.72 Å². The third-order valence-corrected chi connectivity index (χ3v) is 9.11. The third kappa shape index (κ3) is 3.22. The van der Waals surface area contributed by atoms with Gasteiger partial charge in [-0.15, -0.1) is 11.3 Å². The summed E-state index contributed by atoms with van der Waals surface area (Å²) in [4.78, 5) is 16.1. The maximum absolute atomic E-state index is 13.3. The summed E-state index contributed by atoms with van der Waals surface area (Å²) in [7, 11) is -3.72. The fourth-order valence-corrected chi connectivity index (χ4v) is 7.18. The topological polar surface area (TPSA) is 66.5 Å². The van der Waals surface area contributed by atoms with Crippen molar-refractivity contribution in [2.24, 2.45) is 22.7 Å². The molecule has 2 heterocycles. The summed E-state index contributed by atoms with van der Waals surface area (Å²) >= 11 is 1.22. The van der Waals surface area contributed by atoms with E-state index >= 15 is 0 Å². The van der Waals surface area contributed by atoms with Crippen LogP contribution in [0.5, 0.6) is 0 Å². The summed E-state index contributed by atoms with van der Waals surface area (Å²) in [5.41, 5.74) is -0.222. The average molecular weight is 399 g/mol. The average Bonchev–Trinajstić information content (AvgIpc) is 2.86. The summed E-state index contributed by atoms with van der Waals surface area (Å²) in [6.45, 7) is 14.9. The van der Waals surface area contributed by atoms with Crippen LogP contribution in [0.15, 0.2) is 16.3 Å². The number of hydrogen-bond donors (Lipinski definition) is 1. The summed E-state index contributed by atoms with van der Waals surface area (Å²) in [6, 6.07) is 2.76. The van der Waals surface area contributed by atoms with E-state index < -0.39 is 21.5 Å². The zero-order valence-electron chi connectivity index (χ0n) is 16.7. The monoisotopic (exact) mass is 398 g/mol. The number of thiophene rings is 1. The molecule has 0 bridgehead atoms. The first-order valence-corrected chi connectivity index (χ1v) is 11.5. The van der Waals surface area contributed by atoms with Crippen LogP contribution >= 0.6 is 11.3 Å². The first kappa shape index (κ1) is 19.8. The molecule has 0 radical (unpaired) electrons. The number of piperidine rings is 1. The second-order valence-electron chi connectivity index (χ2n) is 9.47. The number of fused-ring (bicyclic) bond motifs is 1. The van der Waals surface area contributed by atoms with Crippen molar-refractivity contribution >= 4 is 27.3 Å². The van der Waals surface area contributed by atoms with Gasteiger partial charge in [0.1, 0.15) is 10.3 Å². The van der Waals surface area contributed by atoms with Gasteiger partial charge in [-0.05, 0) is 48.6 Å². The number of carbonyl (C=O) groups excluding carboxylic acids is 1. The molecule has 2 aliphatic rings. The standard InChI is InChI=1S/C19H30N2O3S2/c1-11-8-9-14(25-11)26(23,24)20-16(18(3,4)5)17(22)21-10-13-15(12(21)2)19(13,6)7/h8-9,12-13,15-16,20H,10H2,1-7H3/t12-,13+,15-,16-/m1/s1. The van der Waals surface area contributed by atoms with E-state index in [1.165, 1.54) is 11.3 Å². The van der Waals surface area contributed by atoms with Crippen LogP contribution in [0.4, 0.5) is 0 Å². The molecular weight excluding hydrogens is 368 g/mol. The van der Waals surface area contributed by atoms with E-state index in [0.717, 1.165) is 11.4 Å². The molecule has 0 aromatic carbocycles. The second kappa shape index (κ2) is 6.04. The number of hydrogen-bond acceptors (Lipinski definition) is 4. The Bertz CT molecular complexity index is 820.